The molecule has 0 saturated heterocycles. The Labute approximate surface area is 210 Å². The molecule has 5 nitrogen and oxygen atoms in total. The van der Waals surface area contributed by atoms with E-state index in [1.54, 1.807) is 17.8 Å². The van der Waals surface area contributed by atoms with Gasteiger partial charge in [0.15, 0.2) is 0 Å². The number of hydrogen-bond donors (Lipinski definition) is 2. The van der Waals surface area contributed by atoms with Crippen LogP contribution in [0.5, 0.6) is 0 Å². The lowest BCUT2D eigenvalue weighted by Crippen LogP contribution is -2.21. The van der Waals surface area contributed by atoms with Crippen LogP contribution in [0.4, 0.5) is 0 Å². The van der Waals surface area contributed by atoms with Crippen molar-refractivity contribution in [3.63, 3.8) is 0 Å². The number of rotatable bonds is 13. The molecule has 0 spiro atoms. The Bertz CT molecular complexity index is 976. The number of aliphatic hydroxyl groups is 2. The second-order valence-electron chi connectivity index (χ2n) is 8.64. The summed E-state index contributed by atoms with van der Waals surface area (Å²) < 4.78 is 4.63. The molecule has 0 bridgehead atoms. The van der Waals surface area contributed by atoms with Crippen molar-refractivity contribution in [1.29, 1.82) is 0 Å². The number of aryl methyl sites for hydroxylation is 1. The van der Waals surface area contributed by atoms with Crippen molar-refractivity contribution >= 4 is 46.0 Å². The van der Waals surface area contributed by atoms with E-state index in [1.807, 2.05) is 18.2 Å². The van der Waals surface area contributed by atoms with Crippen molar-refractivity contribution in [3.8, 4) is 0 Å². The number of carbonyl (C=O) groups excluding carboxylic acids is 2. The zero-order valence-electron chi connectivity index (χ0n) is 19.6. The first kappa shape index (κ1) is 26.8. The summed E-state index contributed by atoms with van der Waals surface area (Å²) in [5, 5.41) is 22.6. The van der Waals surface area contributed by atoms with E-state index in [0.29, 0.717) is 18.6 Å². The Balaban J connectivity index is 1.48. The fraction of sp³-hybridized carbons (Fsp3) is 0.481. The Kier molecular flexibility index (Phi) is 11.0. The molecule has 0 amide bonds. The third kappa shape index (κ3) is 7.87. The van der Waals surface area contributed by atoms with E-state index in [-0.39, 0.29) is 35.4 Å². The summed E-state index contributed by atoms with van der Waals surface area (Å²) in [6, 6.07) is 14.6. The molecule has 1 aliphatic rings. The number of thioether (sulfide) groups is 2. The lowest BCUT2D eigenvalue weighted by atomic mass is 9.95. The van der Waals surface area contributed by atoms with E-state index in [2.05, 4.69) is 35.1 Å². The monoisotopic (exact) mass is 502 g/mol. The van der Waals surface area contributed by atoms with Crippen LogP contribution in [-0.4, -0.2) is 64.3 Å². The maximum absolute atomic E-state index is 12.6. The SMILES string of the molecule is COC(=O)CSCCCS[C@H]1C(=O)C[C@@H](CO)[C@@H]1C=CC(O)CCc1ccc2ccccc2c1. The van der Waals surface area contributed by atoms with Gasteiger partial charge in [0.05, 0.1) is 24.2 Å². The summed E-state index contributed by atoms with van der Waals surface area (Å²) in [6.07, 6.45) is 5.80. The molecule has 184 valence electrons. The highest BCUT2D eigenvalue weighted by molar-refractivity contribution is 8.01. The topological polar surface area (TPSA) is 83.8 Å². The van der Waals surface area contributed by atoms with E-state index >= 15 is 0 Å². The molecule has 0 heterocycles. The van der Waals surface area contributed by atoms with E-state index in [1.165, 1.54) is 35.2 Å². The molecule has 1 saturated carbocycles. The molecular weight excluding hydrogens is 468 g/mol. The summed E-state index contributed by atoms with van der Waals surface area (Å²) >= 11 is 3.16. The van der Waals surface area contributed by atoms with Crippen LogP contribution in [0.1, 0.15) is 24.8 Å². The summed E-state index contributed by atoms with van der Waals surface area (Å²) in [4.78, 5) is 23.7. The van der Waals surface area contributed by atoms with Gasteiger partial charge in [0.1, 0.15) is 5.78 Å². The van der Waals surface area contributed by atoms with Gasteiger partial charge in [-0.3, -0.25) is 9.59 Å². The van der Waals surface area contributed by atoms with Crippen molar-refractivity contribution in [2.75, 3.05) is 31.0 Å². The van der Waals surface area contributed by atoms with Crippen molar-refractivity contribution < 1.29 is 24.5 Å². The van der Waals surface area contributed by atoms with Gasteiger partial charge in [0.2, 0.25) is 0 Å². The zero-order chi connectivity index (χ0) is 24.3. The van der Waals surface area contributed by atoms with E-state index < -0.39 is 6.10 Å². The van der Waals surface area contributed by atoms with Gasteiger partial charge in [-0.15, -0.1) is 11.8 Å². The van der Waals surface area contributed by atoms with Gasteiger partial charge in [0.25, 0.3) is 0 Å². The maximum Gasteiger partial charge on any atom is 0.315 e. The van der Waals surface area contributed by atoms with Crippen molar-refractivity contribution in [3.05, 3.63) is 60.2 Å². The van der Waals surface area contributed by atoms with Gasteiger partial charge in [-0.2, -0.15) is 11.8 Å². The normalized spacial score (nSPS) is 21.4. The Morgan fingerprint density at radius 1 is 1.21 bits per heavy atom. The van der Waals surface area contributed by atoms with Crippen LogP contribution in [0.15, 0.2) is 54.6 Å². The Morgan fingerprint density at radius 2 is 2.00 bits per heavy atom. The summed E-state index contributed by atoms with van der Waals surface area (Å²) in [5.74, 6) is 1.78. The van der Waals surface area contributed by atoms with Crippen molar-refractivity contribution in [2.45, 2.75) is 37.0 Å². The highest BCUT2D eigenvalue weighted by Gasteiger charge is 2.40. The van der Waals surface area contributed by atoms with Crippen LogP contribution in [0.25, 0.3) is 10.8 Å². The second kappa shape index (κ2) is 13.9. The number of hydrogen-bond acceptors (Lipinski definition) is 7. The van der Waals surface area contributed by atoms with Crippen LogP contribution in [0.3, 0.4) is 0 Å². The lowest BCUT2D eigenvalue weighted by molar-refractivity contribution is -0.137. The number of ketones is 1. The minimum absolute atomic E-state index is 0.0278. The van der Waals surface area contributed by atoms with E-state index in [0.717, 1.165) is 24.3 Å². The minimum atomic E-state index is -0.595. The first-order chi connectivity index (χ1) is 16.5. The third-order valence-electron chi connectivity index (χ3n) is 6.19. The molecule has 1 fully saturated rings. The minimum Gasteiger partial charge on any atom is -0.468 e. The molecule has 0 aromatic heterocycles. The average molecular weight is 503 g/mol. The van der Waals surface area contributed by atoms with Crippen LogP contribution in [-0.2, 0) is 20.7 Å². The predicted molar refractivity (Wildman–Crippen MR) is 141 cm³/mol. The highest BCUT2D eigenvalue weighted by Crippen LogP contribution is 2.38. The number of ether oxygens (including phenoxy) is 1. The van der Waals surface area contributed by atoms with Crippen LogP contribution < -0.4 is 0 Å². The second-order valence-corrected chi connectivity index (χ2v) is 11.0. The molecule has 0 radical (unpaired) electrons. The van der Waals surface area contributed by atoms with E-state index in [9.17, 15) is 19.8 Å². The molecule has 1 unspecified atom stereocenters. The Hall–Kier alpha value is -1.80. The first-order valence-electron chi connectivity index (χ1n) is 11.8. The molecule has 2 aromatic carbocycles. The molecule has 2 N–H and O–H groups in total. The summed E-state index contributed by atoms with van der Waals surface area (Å²) in [5.41, 5.74) is 1.19. The molecule has 4 atom stereocenters. The number of aliphatic hydroxyl groups excluding tert-OH is 2. The standard InChI is InChI=1S/C27H34O5S2/c1-32-26(31)18-33-13-4-14-34-27-24(22(17-28)16-25(27)30)12-11-23(29)10-8-19-7-9-20-5-2-3-6-21(20)15-19/h2-3,5-7,9,11-12,15,22-24,27-29H,4,8,10,13-14,16-18H2,1H3/t22-,23?,24-,27+/m0/s1. The Morgan fingerprint density at radius 3 is 2.76 bits per heavy atom. The molecule has 34 heavy (non-hydrogen) atoms. The van der Waals surface area contributed by atoms with Crippen molar-refractivity contribution in [1.82, 2.24) is 0 Å². The summed E-state index contributed by atoms with van der Waals surface area (Å²) in [6.45, 7) is -0.0278. The lowest BCUT2D eigenvalue weighted by Gasteiger charge is -2.19. The highest BCUT2D eigenvalue weighted by atomic mass is 32.2. The van der Waals surface area contributed by atoms with Gasteiger partial charge >= 0.3 is 5.97 Å². The van der Waals surface area contributed by atoms with Crippen molar-refractivity contribution in [2.24, 2.45) is 11.8 Å². The smallest absolute Gasteiger partial charge is 0.315 e. The third-order valence-corrected chi connectivity index (χ3v) is 8.66. The van der Waals surface area contributed by atoms with Crippen LogP contribution in [0, 0.1) is 11.8 Å². The molecule has 3 rings (SSSR count). The van der Waals surface area contributed by atoms with Gasteiger partial charge in [-0.1, -0.05) is 54.6 Å². The number of carbonyl (C=O) groups is 2. The van der Waals surface area contributed by atoms with E-state index in [4.69, 9.17) is 0 Å². The zero-order valence-corrected chi connectivity index (χ0v) is 21.2. The maximum atomic E-state index is 12.6. The quantitative estimate of drug-likeness (QED) is 0.240. The predicted octanol–water partition coefficient (Wildman–Crippen LogP) is 4.29. The summed E-state index contributed by atoms with van der Waals surface area (Å²) in [7, 11) is 1.38. The number of methoxy groups -OCH3 is 1. The molecule has 2 aromatic rings. The molecular formula is C27H34O5S2. The first-order valence-corrected chi connectivity index (χ1v) is 14.0. The number of Topliss-reactive ketones (excluding diaryl/α,β-unsaturated/α-hetero) is 1. The number of allylic oxidation sites excluding steroid dienone is 1. The number of esters is 1. The largest absolute Gasteiger partial charge is 0.468 e. The van der Waals surface area contributed by atoms with Gasteiger partial charge < -0.3 is 14.9 Å². The van der Waals surface area contributed by atoms with Crippen LogP contribution in [0.2, 0.25) is 0 Å². The number of fused-ring (bicyclic) bond motifs is 1. The van der Waals surface area contributed by atoms with Gasteiger partial charge in [-0.05, 0) is 53.0 Å². The molecule has 0 aliphatic heterocycles. The van der Waals surface area contributed by atoms with Crippen LogP contribution >= 0.6 is 23.5 Å². The van der Waals surface area contributed by atoms with Gasteiger partial charge in [-0.25, -0.2) is 0 Å². The molecule has 1 aliphatic carbocycles. The average Bonchev–Trinajstić information content (AvgIpc) is 3.17. The fourth-order valence-electron chi connectivity index (χ4n) is 4.27. The fourth-order valence-corrected chi connectivity index (χ4v) is 6.61. The number of benzene rings is 2. The van der Waals surface area contributed by atoms with Gasteiger partial charge in [0, 0.05) is 18.9 Å². The molecule has 7 heteroatoms.